The highest BCUT2D eigenvalue weighted by Gasteiger charge is 2.12. The van der Waals surface area contributed by atoms with E-state index >= 15 is 0 Å². The van der Waals surface area contributed by atoms with E-state index in [4.69, 9.17) is 0 Å². The summed E-state index contributed by atoms with van der Waals surface area (Å²) in [6, 6.07) is 10.5. The van der Waals surface area contributed by atoms with E-state index in [0.29, 0.717) is 12.5 Å². The number of carbonyl (C=O) groups is 1. The van der Waals surface area contributed by atoms with Gasteiger partial charge in [-0.15, -0.1) is 11.3 Å². The molecule has 2 N–H and O–H groups in total. The van der Waals surface area contributed by atoms with E-state index < -0.39 is 0 Å². The number of amides is 1. The summed E-state index contributed by atoms with van der Waals surface area (Å²) in [6.45, 7) is 6.11. The third-order valence-corrected chi connectivity index (χ3v) is 4.45. The Morgan fingerprint density at radius 2 is 2.10 bits per heavy atom. The normalized spacial score (nSPS) is 12.0. The maximum absolute atomic E-state index is 11.5. The monoisotopic (exact) mass is 302 g/mol. The van der Waals surface area contributed by atoms with Gasteiger partial charge in [0.05, 0.1) is 6.04 Å². The van der Waals surface area contributed by atoms with Gasteiger partial charge in [0.25, 0.3) is 0 Å². The molecule has 0 aliphatic carbocycles. The van der Waals surface area contributed by atoms with Gasteiger partial charge in [-0.05, 0) is 42.5 Å². The summed E-state index contributed by atoms with van der Waals surface area (Å²) in [6.07, 6.45) is 1.51. The first-order chi connectivity index (χ1) is 10.1. The lowest BCUT2D eigenvalue weighted by Gasteiger charge is -2.19. The van der Waals surface area contributed by atoms with Crippen LogP contribution in [0.5, 0.6) is 0 Å². The maximum Gasteiger partial charge on any atom is 0.224 e. The molecule has 0 saturated heterocycles. The van der Waals surface area contributed by atoms with Crippen molar-refractivity contribution in [1.29, 1.82) is 0 Å². The minimum atomic E-state index is 0.0371. The summed E-state index contributed by atoms with van der Waals surface area (Å²) in [5, 5.41) is 8.60. The zero-order chi connectivity index (χ0) is 15.2. The Hall–Kier alpha value is -1.81. The fourth-order valence-corrected chi connectivity index (χ4v) is 3.02. The average Bonchev–Trinajstić information content (AvgIpc) is 3.01. The number of rotatable bonds is 6. The van der Waals surface area contributed by atoms with E-state index in [2.05, 4.69) is 42.0 Å². The van der Waals surface area contributed by atoms with Crippen LogP contribution in [0.3, 0.4) is 0 Å². The molecule has 2 aromatic rings. The fourth-order valence-electron chi connectivity index (χ4n) is 2.16. The third-order valence-electron chi connectivity index (χ3n) is 3.47. The molecule has 1 atom stereocenters. The lowest BCUT2D eigenvalue weighted by Crippen LogP contribution is -2.12. The molecule has 0 fully saturated rings. The van der Waals surface area contributed by atoms with Crippen LogP contribution >= 0.6 is 11.3 Å². The number of carbonyl (C=O) groups excluding carboxylic acids is 1. The first kappa shape index (κ1) is 15.6. The fraction of sp³-hybridized carbons (Fsp3) is 0.353. The summed E-state index contributed by atoms with van der Waals surface area (Å²) >= 11 is 1.77. The number of benzene rings is 1. The summed E-state index contributed by atoms with van der Waals surface area (Å²) in [5.41, 5.74) is 3.10. The summed E-state index contributed by atoms with van der Waals surface area (Å²) < 4.78 is 0. The molecular formula is C17H22N2OS. The molecule has 1 unspecified atom stereocenters. The molecule has 112 valence electrons. The van der Waals surface area contributed by atoms with Gasteiger partial charge in [0, 0.05) is 22.7 Å². The molecule has 0 radical (unpaired) electrons. The van der Waals surface area contributed by atoms with E-state index in [0.717, 1.165) is 17.8 Å². The van der Waals surface area contributed by atoms with E-state index in [1.165, 1.54) is 10.4 Å². The Kier molecular flexibility index (Phi) is 5.39. The van der Waals surface area contributed by atoms with Gasteiger partial charge in [-0.25, -0.2) is 0 Å². The molecule has 4 heteroatoms. The van der Waals surface area contributed by atoms with E-state index in [1.807, 2.05) is 25.1 Å². The predicted molar refractivity (Wildman–Crippen MR) is 91.1 cm³/mol. The van der Waals surface area contributed by atoms with Gasteiger partial charge in [-0.3, -0.25) is 4.79 Å². The summed E-state index contributed by atoms with van der Waals surface area (Å²) in [5.74, 6) is 0.0371. The molecule has 0 saturated carbocycles. The van der Waals surface area contributed by atoms with Crippen LogP contribution in [-0.4, -0.2) is 5.91 Å². The second-order valence-electron chi connectivity index (χ2n) is 5.05. The smallest absolute Gasteiger partial charge is 0.224 e. The molecule has 0 bridgehead atoms. The molecule has 0 spiro atoms. The molecule has 3 nitrogen and oxygen atoms in total. The minimum Gasteiger partial charge on any atom is -0.377 e. The standard InChI is InChI=1S/C17H22N2OS/c1-4-14(16-7-6-10-21-16)19-15-11-13(9-8-12(15)3)18-17(20)5-2/h6-11,14,19H,4-5H2,1-3H3,(H,18,20). The molecule has 1 amide bonds. The van der Waals surface area contributed by atoms with Gasteiger partial charge < -0.3 is 10.6 Å². The van der Waals surface area contributed by atoms with Crippen LogP contribution in [-0.2, 0) is 4.79 Å². The Labute approximate surface area is 130 Å². The molecule has 1 aromatic heterocycles. The zero-order valence-corrected chi connectivity index (χ0v) is 13.6. The Morgan fingerprint density at radius 1 is 1.29 bits per heavy atom. The highest BCUT2D eigenvalue weighted by molar-refractivity contribution is 7.10. The van der Waals surface area contributed by atoms with Crippen molar-refractivity contribution in [2.45, 2.75) is 39.7 Å². The van der Waals surface area contributed by atoms with Crippen LogP contribution in [0.15, 0.2) is 35.7 Å². The second kappa shape index (κ2) is 7.27. The van der Waals surface area contributed by atoms with Crippen LogP contribution in [0.1, 0.15) is 43.2 Å². The molecule has 0 aliphatic rings. The van der Waals surface area contributed by atoms with Crippen LogP contribution in [0.2, 0.25) is 0 Å². The molecule has 2 rings (SSSR count). The first-order valence-corrected chi connectivity index (χ1v) is 8.22. The maximum atomic E-state index is 11.5. The highest BCUT2D eigenvalue weighted by Crippen LogP contribution is 2.29. The quantitative estimate of drug-likeness (QED) is 0.791. The van der Waals surface area contributed by atoms with Gasteiger partial charge in [0.15, 0.2) is 0 Å². The van der Waals surface area contributed by atoms with Crippen molar-refractivity contribution in [1.82, 2.24) is 0 Å². The average molecular weight is 302 g/mol. The van der Waals surface area contributed by atoms with Crippen molar-refractivity contribution < 1.29 is 4.79 Å². The summed E-state index contributed by atoms with van der Waals surface area (Å²) in [4.78, 5) is 12.8. The van der Waals surface area contributed by atoms with Crippen LogP contribution in [0, 0.1) is 6.92 Å². The largest absolute Gasteiger partial charge is 0.377 e. The van der Waals surface area contributed by atoms with Crippen molar-refractivity contribution in [3.05, 3.63) is 46.2 Å². The van der Waals surface area contributed by atoms with Crippen molar-refractivity contribution in [2.75, 3.05) is 10.6 Å². The zero-order valence-electron chi connectivity index (χ0n) is 12.8. The topological polar surface area (TPSA) is 41.1 Å². The lowest BCUT2D eigenvalue weighted by molar-refractivity contribution is -0.115. The van der Waals surface area contributed by atoms with E-state index in [9.17, 15) is 4.79 Å². The number of nitrogens with one attached hydrogen (secondary N) is 2. The Balaban J connectivity index is 2.18. The number of anilines is 2. The van der Waals surface area contributed by atoms with E-state index in [1.54, 1.807) is 11.3 Å². The van der Waals surface area contributed by atoms with E-state index in [-0.39, 0.29) is 5.91 Å². The van der Waals surface area contributed by atoms with Crippen molar-refractivity contribution >= 4 is 28.6 Å². The molecule has 1 heterocycles. The summed E-state index contributed by atoms with van der Waals surface area (Å²) in [7, 11) is 0. The molecule has 0 aliphatic heterocycles. The number of thiophene rings is 1. The third kappa shape index (κ3) is 4.08. The molecule has 21 heavy (non-hydrogen) atoms. The Morgan fingerprint density at radius 3 is 2.71 bits per heavy atom. The second-order valence-corrected chi connectivity index (χ2v) is 6.03. The molecule has 1 aromatic carbocycles. The van der Waals surface area contributed by atoms with Gasteiger partial charge in [-0.2, -0.15) is 0 Å². The van der Waals surface area contributed by atoms with Gasteiger partial charge in [0.1, 0.15) is 0 Å². The number of aryl methyl sites for hydroxylation is 1. The Bertz CT molecular complexity index is 593. The van der Waals surface area contributed by atoms with Gasteiger partial charge in [-0.1, -0.05) is 26.0 Å². The number of hydrogen-bond donors (Lipinski definition) is 2. The lowest BCUT2D eigenvalue weighted by atomic mass is 10.1. The SMILES string of the molecule is CCC(=O)Nc1ccc(C)c(NC(CC)c2cccs2)c1. The van der Waals surface area contributed by atoms with Crippen LogP contribution in [0.4, 0.5) is 11.4 Å². The number of hydrogen-bond acceptors (Lipinski definition) is 3. The predicted octanol–water partition coefficient (Wildman–Crippen LogP) is 4.97. The van der Waals surface area contributed by atoms with Crippen molar-refractivity contribution in [2.24, 2.45) is 0 Å². The highest BCUT2D eigenvalue weighted by atomic mass is 32.1. The molecular weight excluding hydrogens is 280 g/mol. The van der Waals surface area contributed by atoms with Crippen LogP contribution < -0.4 is 10.6 Å². The van der Waals surface area contributed by atoms with Crippen molar-refractivity contribution in [3.8, 4) is 0 Å². The van der Waals surface area contributed by atoms with Crippen LogP contribution in [0.25, 0.3) is 0 Å². The minimum absolute atomic E-state index is 0.0371. The van der Waals surface area contributed by atoms with Gasteiger partial charge in [0.2, 0.25) is 5.91 Å². The first-order valence-electron chi connectivity index (χ1n) is 7.34. The van der Waals surface area contributed by atoms with Gasteiger partial charge >= 0.3 is 0 Å². The van der Waals surface area contributed by atoms with Crippen molar-refractivity contribution in [3.63, 3.8) is 0 Å².